The highest BCUT2D eigenvalue weighted by Gasteiger charge is 2.24. The number of thiophene rings is 1. The first-order valence-electron chi connectivity index (χ1n) is 9.13. The second-order valence-corrected chi connectivity index (χ2v) is 8.11. The van der Waals surface area contributed by atoms with Crippen LogP contribution in [0.25, 0.3) is 0 Å². The molecule has 0 aliphatic carbocycles. The van der Waals surface area contributed by atoms with Crippen molar-refractivity contribution in [2.45, 2.75) is 39.2 Å². The van der Waals surface area contributed by atoms with E-state index in [2.05, 4.69) is 10.3 Å². The standard InChI is InChI=1S/C20H25N3O2S/c1-15-4-6-18(26-15)20(25)23-11-8-16(9-12-23)5-7-19(24)22-14-17-3-2-10-21-13-17/h2-4,6,10,13,16H,5,7-9,11-12,14H2,1H3,(H,22,24). The maximum Gasteiger partial charge on any atom is 0.263 e. The van der Waals surface area contributed by atoms with Crippen LogP contribution in [0.2, 0.25) is 0 Å². The van der Waals surface area contributed by atoms with Gasteiger partial charge in [-0.05, 0) is 55.9 Å². The van der Waals surface area contributed by atoms with Crippen molar-refractivity contribution in [3.8, 4) is 0 Å². The summed E-state index contributed by atoms with van der Waals surface area (Å²) in [6.07, 6.45) is 6.88. The van der Waals surface area contributed by atoms with Gasteiger partial charge in [-0.25, -0.2) is 0 Å². The minimum Gasteiger partial charge on any atom is -0.352 e. The molecule has 1 aliphatic heterocycles. The summed E-state index contributed by atoms with van der Waals surface area (Å²) in [6, 6.07) is 7.74. The molecule has 5 nitrogen and oxygen atoms in total. The molecule has 6 heteroatoms. The second kappa shape index (κ2) is 8.94. The first-order valence-corrected chi connectivity index (χ1v) is 9.95. The van der Waals surface area contributed by atoms with Gasteiger partial charge in [0, 0.05) is 43.3 Å². The lowest BCUT2D eigenvalue weighted by Gasteiger charge is -2.31. The van der Waals surface area contributed by atoms with E-state index in [-0.39, 0.29) is 11.8 Å². The Hall–Kier alpha value is -2.21. The summed E-state index contributed by atoms with van der Waals surface area (Å²) in [4.78, 5) is 32.5. The van der Waals surface area contributed by atoms with Gasteiger partial charge in [-0.1, -0.05) is 6.07 Å². The number of nitrogens with zero attached hydrogens (tertiary/aromatic N) is 2. The third-order valence-corrected chi connectivity index (χ3v) is 5.83. The Kier molecular flexibility index (Phi) is 6.39. The largest absolute Gasteiger partial charge is 0.352 e. The Morgan fingerprint density at radius 1 is 1.27 bits per heavy atom. The van der Waals surface area contributed by atoms with Crippen molar-refractivity contribution in [1.82, 2.24) is 15.2 Å². The Labute approximate surface area is 158 Å². The number of aromatic nitrogens is 1. The summed E-state index contributed by atoms with van der Waals surface area (Å²) >= 11 is 1.56. The summed E-state index contributed by atoms with van der Waals surface area (Å²) < 4.78 is 0. The molecule has 26 heavy (non-hydrogen) atoms. The monoisotopic (exact) mass is 371 g/mol. The highest BCUT2D eigenvalue weighted by molar-refractivity contribution is 7.13. The van der Waals surface area contributed by atoms with Gasteiger partial charge in [-0.2, -0.15) is 0 Å². The van der Waals surface area contributed by atoms with Crippen LogP contribution in [0.5, 0.6) is 0 Å². The summed E-state index contributed by atoms with van der Waals surface area (Å²) in [7, 11) is 0. The number of hydrogen-bond donors (Lipinski definition) is 1. The van der Waals surface area contributed by atoms with E-state index in [1.165, 1.54) is 4.88 Å². The lowest BCUT2D eigenvalue weighted by Crippen LogP contribution is -2.38. The van der Waals surface area contributed by atoms with Crippen LogP contribution in [0.3, 0.4) is 0 Å². The summed E-state index contributed by atoms with van der Waals surface area (Å²) in [5, 5.41) is 2.95. The maximum absolute atomic E-state index is 12.5. The lowest BCUT2D eigenvalue weighted by atomic mass is 9.92. The van der Waals surface area contributed by atoms with E-state index in [0.29, 0.717) is 18.9 Å². The molecule has 1 N–H and O–H groups in total. The van der Waals surface area contributed by atoms with Crippen LogP contribution >= 0.6 is 11.3 Å². The Morgan fingerprint density at radius 2 is 2.08 bits per heavy atom. The molecular weight excluding hydrogens is 346 g/mol. The molecule has 0 aromatic carbocycles. The molecule has 1 saturated heterocycles. The third kappa shape index (κ3) is 5.14. The van der Waals surface area contributed by atoms with Gasteiger partial charge in [0.05, 0.1) is 4.88 Å². The molecule has 0 unspecified atom stereocenters. The molecule has 2 aromatic heterocycles. The SMILES string of the molecule is Cc1ccc(C(=O)N2CCC(CCC(=O)NCc3cccnc3)CC2)s1. The van der Waals surface area contributed by atoms with Crippen molar-refractivity contribution in [1.29, 1.82) is 0 Å². The van der Waals surface area contributed by atoms with Gasteiger partial charge in [0.2, 0.25) is 5.91 Å². The molecule has 0 radical (unpaired) electrons. The number of rotatable bonds is 6. The van der Waals surface area contributed by atoms with Crippen LogP contribution in [0.1, 0.15) is 45.8 Å². The van der Waals surface area contributed by atoms with Crippen LogP contribution in [0, 0.1) is 12.8 Å². The first-order chi connectivity index (χ1) is 12.6. The average Bonchev–Trinajstić information content (AvgIpc) is 3.12. The Bertz CT molecular complexity index is 737. The quantitative estimate of drug-likeness (QED) is 0.846. The van der Waals surface area contributed by atoms with Crippen molar-refractivity contribution >= 4 is 23.2 Å². The van der Waals surface area contributed by atoms with E-state index < -0.39 is 0 Å². The molecule has 2 amide bonds. The summed E-state index contributed by atoms with van der Waals surface area (Å²) in [5.74, 6) is 0.755. The van der Waals surface area contributed by atoms with Crippen LogP contribution in [-0.2, 0) is 11.3 Å². The number of pyridine rings is 1. The number of piperidine rings is 1. The predicted octanol–water partition coefficient (Wildman–Crippen LogP) is 3.40. The van der Waals surface area contributed by atoms with Crippen LogP contribution < -0.4 is 5.32 Å². The highest BCUT2D eigenvalue weighted by Crippen LogP contribution is 2.25. The van der Waals surface area contributed by atoms with Crippen molar-refractivity contribution in [2.24, 2.45) is 5.92 Å². The zero-order valence-corrected chi connectivity index (χ0v) is 15.9. The van der Waals surface area contributed by atoms with Gasteiger partial charge in [-0.15, -0.1) is 11.3 Å². The molecular formula is C20H25N3O2S. The topological polar surface area (TPSA) is 62.3 Å². The molecule has 2 aromatic rings. The fourth-order valence-corrected chi connectivity index (χ4v) is 4.09. The number of aryl methyl sites for hydroxylation is 1. The zero-order chi connectivity index (χ0) is 18.4. The normalized spacial score (nSPS) is 15.0. The predicted molar refractivity (Wildman–Crippen MR) is 103 cm³/mol. The molecule has 0 saturated carbocycles. The van der Waals surface area contributed by atoms with Gasteiger partial charge >= 0.3 is 0 Å². The van der Waals surface area contributed by atoms with Gasteiger partial charge in [0.1, 0.15) is 0 Å². The smallest absolute Gasteiger partial charge is 0.263 e. The first kappa shape index (κ1) is 18.6. The summed E-state index contributed by atoms with van der Waals surface area (Å²) in [6.45, 7) is 4.13. The lowest BCUT2D eigenvalue weighted by molar-refractivity contribution is -0.121. The molecule has 3 rings (SSSR count). The van der Waals surface area contributed by atoms with Crippen molar-refractivity contribution < 1.29 is 9.59 Å². The van der Waals surface area contributed by atoms with Crippen LogP contribution in [0.15, 0.2) is 36.7 Å². The number of carbonyl (C=O) groups is 2. The minimum absolute atomic E-state index is 0.0846. The van der Waals surface area contributed by atoms with E-state index in [1.54, 1.807) is 23.7 Å². The molecule has 138 valence electrons. The van der Waals surface area contributed by atoms with E-state index >= 15 is 0 Å². The highest BCUT2D eigenvalue weighted by atomic mass is 32.1. The van der Waals surface area contributed by atoms with Crippen LogP contribution in [0.4, 0.5) is 0 Å². The van der Waals surface area contributed by atoms with Gasteiger partial charge < -0.3 is 10.2 Å². The fraction of sp³-hybridized carbons (Fsp3) is 0.450. The fourth-order valence-electron chi connectivity index (χ4n) is 3.26. The second-order valence-electron chi connectivity index (χ2n) is 6.82. The van der Waals surface area contributed by atoms with Gasteiger partial charge in [0.15, 0.2) is 0 Å². The molecule has 0 atom stereocenters. The van der Waals surface area contributed by atoms with E-state index in [0.717, 1.165) is 42.8 Å². The van der Waals surface area contributed by atoms with Crippen molar-refractivity contribution in [3.63, 3.8) is 0 Å². The number of hydrogen-bond acceptors (Lipinski definition) is 4. The average molecular weight is 372 g/mol. The third-order valence-electron chi connectivity index (χ3n) is 4.85. The zero-order valence-electron chi connectivity index (χ0n) is 15.1. The van der Waals surface area contributed by atoms with E-state index in [4.69, 9.17) is 0 Å². The number of amides is 2. The van der Waals surface area contributed by atoms with Gasteiger partial charge in [-0.3, -0.25) is 14.6 Å². The van der Waals surface area contributed by atoms with Crippen molar-refractivity contribution in [3.05, 3.63) is 52.0 Å². The number of carbonyl (C=O) groups excluding carboxylic acids is 2. The maximum atomic E-state index is 12.5. The molecule has 3 heterocycles. The minimum atomic E-state index is 0.0846. The van der Waals surface area contributed by atoms with Crippen molar-refractivity contribution in [2.75, 3.05) is 13.1 Å². The van der Waals surface area contributed by atoms with Gasteiger partial charge in [0.25, 0.3) is 5.91 Å². The van der Waals surface area contributed by atoms with E-state index in [9.17, 15) is 9.59 Å². The van der Waals surface area contributed by atoms with Crippen LogP contribution in [-0.4, -0.2) is 34.8 Å². The Balaban J connectivity index is 1.36. The van der Waals surface area contributed by atoms with E-state index in [1.807, 2.05) is 36.1 Å². The molecule has 1 fully saturated rings. The number of likely N-dealkylation sites (tertiary alicyclic amines) is 1. The molecule has 1 aliphatic rings. The molecule has 0 spiro atoms. The number of nitrogens with one attached hydrogen (secondary N) is 1. The molecule has 0 bridgehead atoms. The Morgan fingerprint density at radius 3 is 2.73 bits per heavy atom. The summed E-state index contributed by atoms with van der Waals surface area (Å²) in [5.41, 5.74) is 1.01.